The van der Waals surface area contributed by atoms with E-state index in [-0.39, 0.29) is 17.2 Å². The molecule has 3 rings (SSSR count). The van der Waals surface area contributed by atoms with Crippen LogP contribution in [0.4, 0.5) is 5.95 Å². The normalized spacial score (nSPS) is 29.3. The largest absolute Gasteiger partial charge is 0.394 e. The molecule has 1 aliphatic rings. The molecule has 1 fully saturated rings. The SMILES string of the molecule is CO[C@H]1[C@@H](O)[C@@H](n2cnc3c(=S)nc(N)[nH]c32)O[C@H]1CO. The number of anilines is 1. The average Bonchev–Trinajstić information content (AvgIpc) is 2.99. The molecule has 0 radical (unpaired) electrons. The minimum atomic E-state index is -0.971. The van der Waals surface area contributed by atoms with Gasteiger partial charge in [0.05, 0.1) is 12.9 Å². The van der Waals surface area contributed by atoms with E-state index >= 15 is 0 Å². The molecule has 21 heavy (non-hydrogen) atoms. The van der Waals surface area contributed by atoms with Crippen LogP contribution in [0.1, 0.15) is 6.23 Å². The third-order valence-corrected chi connectivity index (χ3v) is 3.79. The lowest BCUT2D eigenvalue weighted by Crippen LogP contribution is -2.35. The lowest BCUT2D eigenvalue weighted by molar-refractivity contribution is -0.0535. The van der Waals surface area contributed by atoms with Crippen molar-refractivity contribution >= 4 is 29.3 Å². The van der Waals surface area contributed by atoms with Crippen LogP contribution in [-0.4, -0.2) is 61.8 Å². The van der Waals surface area contributed by atoms with Gasteiger partial charge in [-0.2, -0.15) is 0 Å². The van der Waals surface area contributed by atoms with Gasteiger partial charge in [0.25, 0.3) is 0 Å². The molecule has 0 aromatic carbocycles. The summed E-state index contributed by atoms with van der Waals surface area (Å²) in [5, 5.41) is 19.6. The van der Waals surface area contributed by atoms with Crippen molar-refractivity contribution in [3.05, 3.63) is 11.0 Å². The van der Waals surface area contributed by atoms with E-state index in [4.69, 9.17) is 27.4 Å². The molecule has 5 N–H and O–H groups in total. The Hall–Kier alpha value is -1.59. The van der Waals surface area contributed by atoms with E-state index in [1.807, 2.05) is 0 Å². The van der Waals surface area contributed by atoms with E-state index in [2.05, 4.69) is 15.0 Å². The molecule has 0 amide bonds. The molecule has 0 unspecified atom stereocenters. The zero-order chi connectivity index (χ0) is 15.1. The Morgan fingerprint density at radius 3 is 3.00 bits per heavy atom. The fraction of sp³-hybridized carbons (Fsp3) is 0.545. The highest BCUT2D eigenvalue weighted by molar-refractivity contribution is 7.71. The number of aliphatic hydroxyl groups excluding tert-OH is 2. The minimum absolute atomic E-state index is 0.142. The van der Waals surface area contributed by atoms with Gasteiger partial charge in [0, 0.05) is 7.11 Å². The molecule has 4 atom stereocenters. The van der Waals surface area contributed by atoms with Crippen LogP contribution < -0.4 is 5.73 Å². The topological polar surface area (TPSA) is 131 Å². The Morgan fingerprint density at radius 2 is 2.38 bits per heavy atom. The number of H-pyrrole nitrogens is 1. The molecule has 1 saturated heterocycles. The first-order chi connectivity index (χ1) is 10.1. The number of imidazole rings is 1. The van der Waals surface area contributed by atoms with E-state index in [0.717, 1.165) is 0 Å². The quantitative estimate of drug-likeness (QED) is 0.549. The molecule has 0 saturated carbocycles. The van der Waals surface area contributed by atoms with Crippen LogP contribution in [0.5, 0.6) is 0 Å². The number of nitrogen functional groups attached to an aromatic ring is 1. The lowest BCUT2D eigenvalue weighted by atomic mass is 10.1. The summed E-state index contributed by atoms with van der Waals surface area (Å²) < 4.78 is 12.6. The van der Waals surface area contributed by atoms with E-state index in [9.17, 15) is 10.2 Å². The predicted octanol–water partition coefficient (Wildman–Crippen LogP) is -0.663. The number of aromatic amines is 1. The Morgan fingerprint density at radius 1 is 1.62 bits per heavy atom. The summed E-state index contributed by atoms with van der Waals surface area (Å²) in [6.07, 6.45) is -1.54. The van der Waals surface area contributed by atoms with Crippen molar-refractivity contribution in [1.82, 2.24) is 19.5 Å². The van der Waals surface area contributed by atoms with Crippen molar-refractivity contribution in [2.24, 2.45) is 0 Å². The van der Waals surface area contributed by atoms with Gasteiger partial charge in [0.15, 0.2) is 16.8 Å². The second kappa shape index (κ2) is 5.31. The fourth-order valence-corrected chi connectivity index (χ4v) is 2.78. The van der Waals surface area contributed by atoms with Crippen molar-refractivity contribution < 1.29 is 19.7 Å². The van der Waals surface area contributed by atoms with Gasteiger partial charge in [0.2, 0.25) is 0 Å². The summed E-state index contributed by atoms with van der Waals surface area (Å²) in [5.41, 5.74) is 6.60. The Bertz CT molecular complexity index is 716. The molecule has 0 spiro atoms. The number of nitrogens with two attached hydrogens (primary N) is 1. The first-order valence-electron chi connectivity index (χ1n) is 6.26. The van der Waals surface area contributed by atoms with Crippen molar-refractivity contribution in [1.29, 1.82) is 0 Å². The molecular weight excluding hydrogens is 298 g/mol. The molecule has 2 aromatic rings. The van der Waals surface area contributed by atoms with Crippen molar-refractivity contribution in [2.45, 2.75) is 24.5 Å². The van der Waals surface area contributed by atoms with Gasteiger partial charge in [-0.25, -0.2) is 9.97 Å². The Kier molecular flexibility index (Phi) is 3.63. The summed E-state index contributed by atoms with van der Waals surface area (Å²) in [6.45, 7) is -0.265. The van der Waals surface area contributed by atoms with Gasteiger partial charge in [-0.15, -0.1) is 0 Å². The highest BCUT2D eigenvalue weighted by atomic mass is 32.1. The van der Waals surface area contributed by atoms with Crippen LogP contribution in [0.3, 0.4) is 0 Å². The number of rotatable bonds is 3. The highest BCUT2D eigenvalue weighted by Crippen LogP contribution is 2.32. The lowest BCUT2D eigenvalue weighted by Gasteiger charge is -2.18. The molecule has 3 heterocycles. The number of aromatic nitrogens is 4. The van der Waals surface area contributed by atoms with Crippen LogP contribution >= 0.6 is 12.2 Å². The first-order valence-corrected chi connectivity index (χ1v) is 6.67. The summed E-state index contributed by atoms with van der Waals surface area (Å²) in [4.78, 5) is 10.9. The third kappa shape index (κ3) is 2.21. The molecule has 9 nitrogen and oxygen atoms in total. The summed E-state index contributed by atoms with van der Waals surface area (Å²) in [6, 6.07) is 0. The molecule has 10 heteroatoms. The number of nitrogens with one attached hydrogen (secondary N) is 1. The number of nitrogens with zero attached hydrogens (tertiary/aromatic N) is 3. The fourth-order valence-electron chi connectivity index (χ4n) is 2.53. The van der Waals surface area contributed by atoms with Gasteiger partial charge >= 0.3 is 0 Å². The zero-order valence-electron chi connectivity index (χ0n) is 11.1. The average molecular weight is 313 g/mol. The van der Waals surface area contributed by atoms with Gasteiger partial charge in [-0.05, 0) is 0 Å². The standard InChI is InChI=1S/C11H15N5O4S/c1-19-7-4(2-17)20-10(6(7)18)16-3-13-5-8(16)14-11(12)15-9(5)21/h3-4,6-7,10,17-18H,2H2,1H3,(H3,12,14,15,21)/t4-,6+,7+,10-/m0/s1. The molecular formula is C11H15N5O4S. The van der Waals surface area contributed by atoms with Crippen LogP contribution in [-0.2, 0) is 9.47 Å². The predicted molar refractivity (Wildman–Crippen MR) is 74.9 cm³/mol. The van der Waals surface area contributed by atoms with E-state index < -0.39 is 24.5 Å². The van der Waals surface area contributed by atoms with Crippen molar-refractivity contribution in [2.75, 3.05) is 19.5 Å². The van der Waals surface area contributed by atoms with Crippen molar-refractivity contribution in [3.8, 4) is 0 Å². The number of hydrogen-bond donors (Lipinski definition) is 4. The van der Waals surface area contributed by atoms with Crippen LogP contribution in [0.15, 0.2) is 6.33 Å². The molecule has 0 aliphatic carbocycles. The maximum absolute atomic E-state index is 10.3. The number of hydrogen-bond acceptors (Lipinski definition) is 8. The van der Waals surface area contributed by atoms with Gasteiger partial charge in [0.1, 0.15) is 29.5 Å². The van der Waals surface area contributed by atoms with Gasteiger partial charge in [-0.3, -0.25) is 4.57 Å². The zero-order valence-corrected chi connectivity index (χ0v) is 11.9. The van der Waals surface area contributed by atoms with Crippen LogP contribution in [0.25, 0.3) is 11.2 Å². The second-order valence-corrected chi connectivity index (χ2v) is 5.10. The molecule has 114 valence electrons. The third-order valence-electron chi connectivity index (χ3n) is 3.50. The van der Waals surface area contributed by atoms with E-state index in [1.54, 1.807) is 4.57 Å². The maximum atomic E-state index is 10.3. The smallest absolute Gasteiger partial charge is 0.200 e. The number of methoxy groups -OCH3 is 1. The minimum Gasteiger partial charge on any atom is -0.394 e. The van der Waals surface area contributed by atoms with Crippen LogP contribution in [0.2, 0.25) is 0 Å². The second-order valence-electron chi connectivity index (χ2n) is 4.71. The maximum Gasteiger partial charge on any atom is 0.200 e. The Labute approximate surface area is 124 Å². The Balaban J connectivity index is 2.07. The molecule has 1 aliphatic heterocycles. The van der Waals surface area contributed by atoms with Gasteiger partial charge in [-0.1, -0.05) is 12.2 Å². The van der Waals surface area contributed by atoms with E-state index in [1.165, 1.54) is 13.4 Å². The summed E-state index contributed by atoms with van der Waals surface area (Å²) in [7, 11) is 1.45. The van der Waals surface area contributed by atoms with E-state index in [0.29, 0.717) is 11.2 Å². The summed E-state index contributed by atoms with van der Waals surface area (Å²) in [5.74, 6) is 0.142. The van der Waals surface area contributed by atoms with Gasteiger partial charge < -0.3 is 30.4 Å². The number of aliphatic hydroxyl groups is 2. The first kappa shape index (κ1) is 14.4. The molecule has 2 aromatic heterocycles. The van der Waals surface area contributed by atoms with Crippen LogP contribution in [0, 0.1) is 4.64 Å². The molecule has 0 bridgehead atoms. The summed E-state index contributed by atoms with van der Waals surface area (Å²) >= 11 is 5.10. The monoisotopic (exact) mass is 313 g/mol. The number of ether oxygens (including phenoxy) is 2. The number of fused-ring (bicyclic) bond motifs is 1. The highest BCUT2D eigenvalue weighted by Gasteiger charge is 2.45. The van der Waals surface area contributed by atoms with Crippen molar-refractivity contribution in [3.63, 3.8) is 0 Å².